The highest BCUT2D eigenvalue weighted by Crippen LogP contribution is 2.32. The molecule has 0 saturated carbocycles. The molecule has 0 amide bonds. The number of fused-ring (bicyclic) bond motifs is 1. The number of aryl methyl sites for hydroxylation is 2. The summed E-state index contributed by atoms with van der Waals surface area (Å²) >= 11 is 6.08. The van der Waals surface area contributed by atoms with E-state index in [9.17, 15) is 5.11 Å². The van der Waals surface area contributed by atoms with Gasteiger partial charge < -0.3 is 9.52 Å². The largest absolute Gasteiger partial charge is 0.456 e. The van der Waals surface area contributed by atoms with Gasteiger partial charge in [-0.3, -0.25) is 0 Å². The van der Waals surface area contributed by atoms with Crippen LogP contribution in [-0.2, 0) is 0 Å². The molecule has 0 spiro atoms. The second-order valence-electron chi connectivity index (χ2n) is 4.74. The van der Waals surface area contributed by atoms with Crippen LogP contribution in [0.5, 0.6) is 0 Å². The van der Waals surface area contributed by atoms with Crippen LogP contribution in [0.25, 0.3) is 11.0 Å². The van der Waals surface area contributed by atoms with E-state index in [0.717, 1.165) is 11.1 Å². The SMILES string of the molecule is Cc1cc(C(O)c2cc3cccc(Cl)c3o2)c(C)nn1. The molecule has 2 aromatic heterocycles. The number of nitrogens with zero attached hydrogens (tertiary/aromatic N) is 2. The van der Waals surface area contributed by atoms with Gasteiger partial charge in [-0.2, -0.15) is 10.2 Å². The van der Waals surface area contributed by atoms with Crippen LogP contribution >= 0.6 is 11.6 Å². The van der Waals surface area contributed by atoms with Gasteiger partial charge in [0.05, 0.1) is 16.4 Å². The highest BCUT2D eigenvalue weighted by Gasteiger charge is 2.19. The summed E-state index contributed by atoms with van der Waals surface area (Å²) < 4.78 is 5.68. The predicted molar refractivity (Wildman–Crippen MR) is 76.8 cm³/mol. The topological polar surface area (TPSA) is 59.2 Å². The maximum absolute atomic E-state index is 10.5. The molecule has 0 fully saturated rings. The number of furan rings is 1. The van der Waals surface area contributed by atoms with Crippen molar-refractivity contribution >= 4 is 22.6 Å². The number of aliphatic hydroxyl groups excluding tert-OH is 1. The Labute approximate surface area is 121 Å². The van der Waals surface area contributed by atoms with E-state index in [2.05, 4.69) is 10.2 Å². The van der Waals surface area contributed by atoms with Crippen LogP contribution in [0.15, 0.2) is 34.7 Å². The van der Waals surface area contributed by atoms with Crippen molar-refractivity contribution < 1.29 is 9.52 Å². The first-order valence-corrected chi connectivity index (χ1v) is 6.61. The molecule has 0 saturated heterocycles. The first-order valence-electron chi connectivity index (χ1n) is 6.23. The van der Waals surface area contributed by atoms with Gasteiger partial charge in [0.1, 0.15) is 11.9 Å². The average molecular weight is 289 g/mol. The number of rotatable bonds is 2. The summed E-state index contributed by atoms with van der Waals surface area (Å²) in [6.07, 6.45) is -0.882. The Bertz CT molecular complexity index is 783. The summed E-state index contributed by atoms with van der Waals surface area (Å²) in [6.45, 7) is 3.64. The fraction of sp³-hybridized carbons (Fsp3) is 0.200. The Morgan fingerprint density at radius 1 is 1.20 bits per heavy atom. The van der Waals surface area contributed by atoms with Crippen LogP contribution in [0, 0.1) is 13.8 Å². The number of aliphatic hydroxyl groups is 1. The Hall–Kier alpha value is -1.91. The minimum absolute atomic E-state index is 0.448. The summed E-state index contributed by atoms with van der Waals surface area (Å²) in [5.41, 5.74) is 2.70. The molecule has 1 atom stereocenters. The third-order valence-electron chi connectivity index (χ3n) is 3.22. The van der Waals surface area contributed by atoms with E-state index in [4.69, 9.17) is 16.0 Å². The van der Waals surface area contributed by atoms with Crippen molar-refractivity contribution in [3.05, 3.63) is 58.1 Å². The molecule has 1 aromatic carbocycles. The number of hydrogen-bond donors (Lipinski definition) is 1. The molecule has 0 bridgehead atoms. The summed E-state index contributed by atoms with van der Waals surface area (Å²) in [4.78, 5) is 0. The zero-order chi connectivity index (χ0) is 14.3. The van der Waals surface area contributed by atoms with Gasteiger partial charge in [0.15, 0.2) is 5.58 Å². The van der Waals surface area contributed by atoms with Crippen LogP contribution in [0.4, 0.5) is 0 Å². The molecular formula is C15H13ClN2O2. The lowest BCUT2D eigenvalue weighted by molar-refractivity contribution is 0.190. The third kappa shape index (κ3) is 2.17. The van der Waals surface area contributed by atoms with E-state index in [-0.39, 0.29) is 0 Å². The van der Waals surface area contributed by atoms with Crippen molar-refractivity contribution in [3.63, 3.8) is 0 Å². The molecule has 0 aliphatic carbocycles. The number of aromatic nitrogens is 2. The average Bonchev–Trinajstić information content (AvgIpc) is 2.86. The number of benzene rings is 1. The van der Waals surface area contributed by atoms with E-state index in [0.29, 0.717) is 27.6 Å². The Morgan fingerprint density at radius 3 is 2.75 bits per heavy atom. The standard InChI is InChI=1S/C15H13ClN2O2/c1-8-6-11(9(2)18-17-8)14(19)13-7-10-4-3-5-12(16)15(10)20-13/h3-7,14,19H,1-2H3. The molecule has 5 heteroatoms. The fourth-order valence-corrected chi connectivity index (χ4v) is 2.40. The Balaban J connectivity index is 2.10. The van der Waals surface area contributed by atoms with Gasteiger partial charge in [-0.25, -0.2) is 0 Å². The first-order chi connectivity index (χ1) is 9.56. The van der Waals surface area contributed by atoms with E-state index in [1.807, 2.05) is 25.1 Å². The molecule has 1 unspecified atom stereocenters. The summed E-state index contributed by atoms with van der Waals surface area (Å²) in [5.74, 6) is 0.448. The number of halogens is 1. The summed E-state index contributed by atoms with van der Waals surface area (Å²) in [5, 5.41) is 19.9. The van der Waals surface area contributed by atoms with Gasteiger partial charge in [0.25, 0.3) is 0 Å². The van der Waals surface area contributed by atoms with Gasteiger partial charge in [0.2, 0.25) is 0 Å². The number of para-hydroxylation sites is 1. The van der Waals surface area contributed by atoms with Gasteiger partial charge >= 0.3 is 0 Å². The van der Waals surface area contributed by atoms with Crippen molar-refractivity contribution in [3.8, 4) is 0 Å². The van der Waals surface area contributed by atoms with Crippen LogP contribution in [0.1, 0.15) is 28.8 Å². The fourth-order valence-electron chi connectivity index (χ4n) is 2.18. The third-order valence-corrected chi connectivity index (χ3v) is 3.52. The van der Waals surface area contributed by atoms with E-state index in [1.54, 1.807) is 19.1 Å². The Kier molecular flexibility index (Phi) is 3.20. The minimum atomic E-state index is -0.882. The highest BCUT2D eigenvalue weighted by atomic mass is 35.5. The molecule has 2 heterocycles. The molecule has 102 valence electrons. The maximum atomic E-state index is 10.5. The van der Waals surface area contributed by atoms with Crippen LogP contribution in [0.2, 0.25) is 5.02 Å². The molecule has 0 radical (unpaired) electrons. The number of hydrogen-bond acceptors (Lipinski definition) is 4. The lowest BCUT2D eigenvalue weighted by atomic mass is 10.1. The van der Waals surface area contributed by atoms with Gasteiger partial charge in [-0.1, -0.05) is 23.7 Å². The maximum Gasteiger partial charge on any atom is 0.153 e. The summed E-state index contributed by atoms with van der Waals surface area (Å²) in [7, 11) is 0. The van der Waals surface area contributed by atoms with Crippen molar-refractivity contribution in [1.82, 2.24) is 10.2 Å². The molecule has 1 N–H and O–H groups in total. The first kappa shape index (κ1) is 13.1. The summed E-state index contributed by atoms with van der Waals surface area (Å²) in [6, 6.07) is 9.10. The highest BCUT2D eigenvalue weighted by molar-refractivity contribution is 6.34. The normalized spacial score (nSPS) is 12.8. The zero-order valence-electron chi connectivity index (χ0n) is 11.1. The monoisotopic (exact) mass is 288 g/mol. The molecule has 0 aliphatic rings. The molecule has 4 nitrogen and oxygen atoms in total. The van der Waals surface area contributed by atoms with Crippen molar-refractivity contribution in [1.29, 1.82) is 0 Å². The van der Waals surface area contributed by atoms with E-state index >= 15 is 0 Å². The smallest absolute Gasteiger partial charge is 0.153 e. The van der Waals surface area contributed by atoms with Gasteiger partial charge in [-0.15, -0.1) is 0 Å². The van der Waals surface area contributed by atoms with Crippen molar-refractivity contribution in [2.45, 2.75) is 20.0 Å². The van der Waals surface area contributed by atoms with Crippen LogP contribution in [0.3, 0.4) is 0 Å². The zero-order valence-corrected chi connectivity index (χ0v) is 11.8. The predicted octanol–water partition coefficient (Wildman–Crippen LogP) is 3.57. The Morgan fingerprint density at radius 2 is 2.00 bits per heavy atom. The van der Waals surface area contributed by atoms with Gasteiger partial charge in [0, 0.05) is 10.9 Å². The second kappa shape index (κ2) is 4.89. The lowest BCUT2D eigenvalue weighted by Crippen LogP contribution is -2.04. The molecule has 20 heavy (non-hydrogen) atoms. The van der Waals surface area contributed by atoms with Gasteiger partial charge in [-0.05, 0) is 32.0 Å². The molecular weight excluding hydrogens is 276 g/mol. The van der Waals surface area contributed by atoms with Crippen LogP contribution in [-0.4, -0.2) is 15.3 Å². The second-order valence-corrected chi connectivity index (χ2v) is 5.14. The molecule has 3 rings (SSSR count). The quantitative estimate of drug-likeness (QED) is 0.783. The van der Waals surface area contributed by atoms with E-state index < -0.39 is 6.10 Å². The van der Waals surface area contributed by atoms with E-state index in [1.165, 1.54) is 0 Å². The van der Waals surface area contributed by atoms with Crippen molar-refractivity contribution in [2.24, 2.45) is 0 Å². The van der Waals surface area contributed by atoms with Crippen LogP contribution < -0.4 is 0 Å². The molecule has 3 aromatic rings. The minimum Gasteiger partial charge on any atom is -0.456 e. The van der Waals surface area contributed by atoms with Crippen molar-refractivity contribution in [2.75, 3.05) is 0 Å². The molecule has 0 aliphatic heterocycles. The lowest BCUT2D eigenvalue weighted by Gasteiger charge is -2.10.